The van der Waals surface area contributed by atoms with Crippen molar-refractivity contribution < 1.29 is 0 Å². The summed E-state index contributed by atoms with van der Waals surface area (Å²) in [6.45, 7) is 4.59. The lowest BCUT2D eigenvalue weighted by atomic mass is 10.0. The number of hydrogen-bond acceptors (Lipinski definition) is 2. The number of unbranched alkanes of at least 4 members (excludes halogenated alkanes) is 22. The SMILES string of the molecule is CCCCCCCCCCCCCCc1ccc(-c2ncc(CCCCCCCCCCCCCC)cn2)cc1. The molecule has 0 aliphatic carbocycles. The second kappa shape index (κ2) is 25.0. The fraction of sp³-hybridized carbons (Fsp3) is 0.737. The van der Waals surface area contributed by atoms with Crippen molar-refractivity contribution in [3.05, 3.63) is 47.8 Å². The van der Waals surface area contributed by atoms with Crippen LogP contribution in [0.4, 0.5) is 0 Å². The first-order valence-electron chi connectivity index (χ1n) is 17.7. The van der Waals surface area contributed by atoms with Crippen LogP contribution in [0.25, 0.3) is 11.4 Å². The minimum Gasteiger partial charge on any atom is -0.236 e. The number of rotatable bonds is 27. The standard InChI is InChI=1S/C38H64N2/c1-3-5-7-9-11-13-15-17-19-21-23-25-27-35-29-31-37(32-30-35)38-39-33-36(34-40-38)28-26-24-22-20-18-16-14-12-10-8-6-4-2/h29-34H,3-28H2,1-2H3. The largest absolute Gasteiger partial charge is 0.236 e. The van der Waals surface area contributed by atoms with Gasteiger partial charge in [-0.3, -0.25) is 0 Å². The lowest BCUT2D eigenvalue weighted by Gasteiger charge is -2.06. The first kappa shape index (κ1) is 34.5. The van der Waals surface area contributed by atoms with E-state index in [0.29, 0.717) is 0 Å². The average molecular weight is 549 g/mol. The highest BCUT2D eigenvalue weighted by molar-refractivity contribution is 5.55. The second-order valence-electron chi connectivity index (χ2n) is 12.4. The Morgan fingerprint density at radius 2 is 0.700 bits per heavy atom. The number of aryl methyl sites for hydroxylation is 2. The Kier molecular flexibility index (Phi) is 21.6. The van der Waals surface area contributed by atoms with Gasteiger partial charge in [0.1, 0.15) is 0 Å². The van der Waals surface area contributed by atoms with Crippen molar-refractivity contribution in [2.45, 2.75) is 181 Å². The molecule has 0 N–H and O–H groups in total. The summed E-state index contributed by atoms with van der Waals surface area (Å²) in [5, 5.41) is 0. The van der Waals surface area contributed by atoms with Crippen LogP contribution in [0.15, 0.2) is 36.7 Å². The molecule has 0 bridgehead atoms. The van der Waals surface area contributed by atoms with E-state index >= 15 is 0 Å². The molecule has 0 spiro atoms. The second-order valence-corrected chi connectivity index (χ2v) is 12.4. The lowest BCUT2D eigenvalue weighted by molar-refractivity contribution is 0.544. The Morgan fingerprint density at radius 3 is 1.07 bits per heavy atom. The van der Waals surface area contributed by atoms with Gasteiger partial charge in [0, 0.05) is 18.0 Å². The van der Waals surface area contributed by atoms with Crippen molar-refractivity contribution in [2.24, 2.45) is 0 Å². The maximum Gasteiger partial charge on any atom is 0.159 e. The van der Waals surface area contributed by atoms with Gasteiger partial charge in [-0.25, -0.2) is 9.97 Å². The van der Waals surface area contributed by atoms with Crippen molar-refractivity contribution in [3.8, 4) is 11.4 Å². The van der Waals surface area contributed by atoms with E-state index in [0.717, 1.165) is 17.8 Å². The molecule has 40 heavy (non-hydrogen) atoms. The van der Waals surface area contributed by atoms with Gasteiger partial charge in [0.2, 0.25) is 0 Å². The van der Waals surface area contributed by atoms with Gasteiger partial charge in [-0.1, -0.05) is 179 Å². The molecule has 0 atom stereocenters. The number of hydrogen-bond donors (Lipinski definition) is 0. The van der Waals surface area contributed by atoms with Crippen LogP contribution in [0.5, 0.6) is 0 Å². The molecule has 0 amide bonds. The Bertz CT molecular complexity index is 726. The van der Waals surface area contributed by atoms with Gasteiger partial charge >= 0.3 is 0 Å². The van der Waals surface area contributed by atoms with Gasteiger partial charge in [-0.15, -0.1) is 0 Å². The fourth-order valence-electron chi connectivity index (χ4n) is 5.79. The highest BCUT2D eigenvalue weighted by atomic mass is 14.9. The smallest absolute Gasteiger partial charge is 0.159 e. The van der Waals surface area contributed by atoms with Crippen LogP contribution in [0, 0.1) is 0 Å². The minimum absolute atomic E-state index is 0.857. The molecule has 0 fully saturated rings. The van der Waals surface area contributed by atoms with E-state index in [9.17, 15) is 0 Å². The predicted molar refractivity (Wildman–Crippen MR) is 177 cm³/mol. The van der Waals surface area contributed by atoms with E-state index in [1.165, 1.54) is 172 Å². The van der Waals surface area contributed by atoms with Crippen LogP contribution in [-0.4, -0.2) is 9.97 Å². The Morgan fingerprint density at radius 1 is 0.375 bits per heavy atom. The summed E-state index contributed by atoms with van der Waals surface area (Å²) in [5.74, 6) is 0.857. The molecular formula is C38H64N2. The van der Waals surface area contributed by atoms with E-state index in [2.05, 4.69) is 48.1 Å². The van der Waals surface area contributed by atoms with Crippen molar-refractivity contribution in [1.29, 1.82) is 0 Å². The molecule has 0 aliphatic heterocycles. The Labute approximate surface area is 249 Å². The van der Waals surface area contributed by atoms with Crippen LogP contribution < -0.4 is 0 Å². The summed E-state index contributed by atoms with van der Waals surface area (Å²) in [4.78, 5) is 9.36. The molecule has 2 rings (SSSR count). The zero-order valence-electron chi connectivity index (χ0n) is 26.7. The topological polar surface area (TPSA) is 25.8 Å². The summed E-state index contributed by atoms with van der Waals surface area (Å²) in [5.41, 5.74) is 3.86. The highest BCUT2D eigenvalue weighted by Crippen LogP contribution is 2.19. The molecule has 2 nitrogen and oxygen atoms in total. The maximum atomic E-state index is 4.68. The Hall–Kier alpha value is -1.70. The zero-order chi connectivity index (χ0) is 28.4. The van der Waals surface area contributed by atoms with Crippen molar-refractivity contribution >= 4 is 0 Å². The van der Waals surface area contributed by atoms with Gasteiger partial charge < -0.3 is 0 Å². The normalized spacial score (nSPS) is 11.3. The van der Waals surface area contributed by atoms with Crippen molar-refractivity contribution in [1.82, 2.24) is 9.97 Å². The van der Waals surface area contributed by atoms with Gasteiger partial charge in [-0.2, -0.15) is 0 Å². The molecule has 1 aromatic carbocycles. The summed E-state index contributed by atoms with van der Waals surface area (Å²) >= 11 is 0. The van der Waals surface area contributed by atoms with Crippen molar-refractivity contribution in [3.63, 3.8) is 0 Å². The molecule has 226 valence electrons. The van der Waals surface area contributed by atoms with E-state index in [-0.39, 0.29) is 0 Å². The third-order valence-electron chi connectivity index (χ3n) is 8.56. The van der Waals surface area contributed by atoms with Crippen LogP contribution in [-0.2, 0) is 12.8 Å². The van der Waals surface area contributed by atoms with Gasteiger partial charge in [0.15, 0.2) is 5.82 Å². The zero-order valence-corrected chi connectivity index (χ0v) is 26.7. The van der Waals surface area contributed by atoms with E-state index < -0.39 is 0 Å². The molecule has 0 saturated heterocycles. The molecule has 0 saturated carbocycles. The molecule has 2 aromatic rings. The maximum absolute atomic E-state index is 4.68. The number of nitrogens with zero attached hydrogens (tertiary/aromatic N) is 2. The molecule has 0 unspecified atom stereocenters. The average Bonchev–Trinajstić information content (AvgIpc) is 2.99. The summed E-state index contributed by atoms with van der Waals surface area (Å²) in [6, 6.07) is 8.96. The Balaban J connectivity index is 1.47. The lowest BCUT2D eigenvalue weighted by Crippen LogP contribution is -1.94. The van der Waals surface area contributed by atoms with Gasteiger partial charge in [0.25, 0.3) is 0 Å². The van der Waals surface area contributed by atoms with Crippen LogP contribution in [0.3, 0.4) is 0 Å². The quantitative estimate of drug-likeness (QED) is 0.104. The fourth-order valence-corrected chi connectivity index (χ4v) is 5.79. The predicted octanol–water partition coefficient (Wildman–Crippen LogP) is 12.6. The van der Waals surface area contributed by atoms with E-state index in [4.69, 9.17) is 0 Å². The van der Waals surface area contributed by atoms with Crippen LogP contribution in [0.2, 0.25) is 0 Å². The molecule has 1 heterocycles. The number of benzene rings is 1. The summed E-state index contributed by atoms with van der Waals surface area (Å²) in [7, 11) is 0. The van der Waals surface area contributed by atoms with E-state index in [1.807, 2.05) is 12.4 Å². The highest BCUT2D eigenvalue weighted by Gasteiger charge is 2.03. The third kappa shape index (κ3) is 17.9. The summed E-state index contributed by atoms with van der Waals surface area (Å²) < 4.78 is 0. The minimum atomic E-state index is 0.857. The molecule has 2 heteroatoms. The van der Waals surface area contributed by atoms with Gasteiger partial charge in [0.05, 0.1) is 0 Å². The van der Waals surface area contributed by atoms with Crippen LogP contribution >= 0.6 is 0 Å². The third-order valence-corrected chi connectivity index (χ3v) is 8.56. The van der Waals surface area contributed by atoms with Crippen LogP contribution in [0.1, 0.15) is 179 Å². The first-order chi connectivity index (χ1) is 19.8. The monoisotopic (exact) mass is 549 g/mol. The van der Waals surface area contributed by atoms with Gasteiger partial charge in [-0.05, 0) is 36.8 Å². The van der Waals surface area contributed by atoms with E-state index in [1.54, 1.807) is 0 Å². The molecule has 0 aliphatic rings. The first-order valence-corrected chi connectivity index (χ1v) is 17.7. The molecule has 0 radical (unpaired) electrons. The van der Waals surface area contributed by atoms with Crippen molar-refractivity contribution in [2.75, 3.05) is 0 Å². The molecular weight excluding hydrogens is 484 g/mol. The number of aromatic nitrogens is 2. The molecule has 1 aromatic heterocycles. The summed E-state index contributed by atoms with van der Waals surface area (Å²) in [6.07, 6.45) is 40.0.